The third-order valence-corrected chi connectivity index (χ3v) is 3.36. The topological polar surface area (TPSA) is 54.6 Å². The average Bonchev–Trinajstić information content (AvgIpc) is 3.10. The number of hydrogen-bond acceptors (Lipinski definition) is 3. The Morgan fingerprint density at radius 3 is 2.57 bits per heavy atom. The molecule has 1 aliphatic rings. The summed E-state index contributed by atoms with van der Waals surface area (Å²) in [5, 5.41) is 2.71. The molecule has 0 saturated heterocycles. The van der Waals surface area contributed by atoms with Crippen molar-refractivity contribution < 1.29 is 9.21 Å². The van der Waals surface area contributed by atoms with Crippen LogP contribution in [0.25, 0.3) is 6.08 Å². The van der Waals surface area contributed by atoms with Gasteiger partial charge < -0.3 is 9.73 Å². The Bertz CT molecular complexity index is 708. The largest absolute Gasteiger partial charge is 0.461 e. The van der Waals surface area contributed by atoms with Gasteiger partial charge in [0.1, 0.15) is 5.70 Å². The van der Waals surface area contributed by atoms with Crippen LogP contribution in [0.15, 0.2) is 57.8 Å². The highest BCUT2D eigenvalue weighted by Crippen LogP contribution is 2.18. The van der Waals surface area contributed by atoms with E-state index in [9.17, 15) is 4.79 Å². The SMILES string of the molecule is CC(C)c1ccc(/C=C2/N=C(c3ccco3)NC2=O)cc1. The van der Waals surface area contributed by atoms with Gasteiger partial charge in [-0.05, 0) is 35.3 Å². The molecule has 0 fully saturated rings. The van der Waals surface area contributed by atoms with Crippen molar-refractivity contribution in [2.24, 2.45) is 4.99 Å². The van der Waals surface area contributed by atoms with Crippen LogP contribution < -0.4 is 5.32 Å². The molecule has 1 amide bonds. The summed E-state index contributed by atoms with van der Waals surface area (Å²) < 4.78 is 5.23. The Balaban J connectivity index is 1.87. The van der Waals surface area contributed by atoms with Crippen molar-refractivity contribution in [1.82, 2.24) is 5.32 Å². The number of amidine groups is 1. The normalized spacial score (nSPS) is 16.4. The molecule has 4 nitrogen and oxygen atoms in total. The van der Waals surface area contributed by atoms with E-state index in [-0.39, 0.29) is 5.91 Å². The van der Waals surface area contributed by atoms with E-state index in [4.69, 9.17) is 4.42 Å². The third-order valence-electron chi connectivity index (χ3n) is 3.36. The molecule has 0 unspecified atom stereocenters. The molecule has 0 bridgehead atoms. The molecular weight excluding hydrogens is 264 g/mol. The monoisotopic (exact) mass is 280 g/mol. The Labute approximate surface area is 123 Å². The highest BCUT2D eigenvalue weighted by molar-refractivity contribution is 6.18. The van der Waals surface area contributed by atoms with E-state index in [0.29, 0.717) is 23.2 Å². The van der Waals surface area contributed by atoms with Crippen molar-refractivity contribution in [3.63, 3.8) is 0 Å². The van der Waals surface area contributed by atoms with Crippen LogP contribution in [0.4, 0.5) is 0 Å². The zero-order chi connectivity index (χ0) is 14.8. The van der Waals surface area contributed by atoms with Gasteiger partial charge in [-0.1, -0.05) is 38.1 Å². The quantitative estimate of drug-likeness (QED) is 0.877. The Hall–Kier alpha value is -2.62. The van der Waals surface area contributed by atoms with Crippen LogP contribution in [0, 0.1) is 0 Å². The maximum Gasteiger partial charge on any atom is 0.275 e. The molecule has 3 rings (SSSR count). The summed E-state index contributed by atoms with van der Waals surface area (Å²) in [6.07, 6.45) is 3.33. The molecule has 0 aliphatic carbocycles. The van der Waals surface area contributed by atoms with Gasteiger partial charge in [0.05, 0.1) is 6.26 Å². The second kappa shape index (κ2) is 5.40. The molecule has 0 atom stereocenters. The lowest BCUT2D eigenvalue weighted by molar-refractivity contribution is -0.115. The summed E-state index contributed by atoms with van der Waals surface area (Å²) in [6, 6.07) is 11.7. The number of nitrogens with zero attached hydrogens (tertiary/aromatic N) is 1. The van der Waals surface area contributed by atoms with Gasteiger partial charge in [0.25, 0.3) is 5.91 Å². The van der Waals surface area contributed by atoms with Crippen LogP contribution in [-0.2, 0) is 4.79 Å². The highest BCUT2D eigenvalue weighted by atomic mass is 16.3. The van der Waals surface area contributed by atoms with E-state index in [2.05, 4.69) is 36.3 Å². The Kier molecular flexibility index (Phi) is 3.44. The van der Waals surface area contributed by atoms with E-state index in [0.717, 1.165) is 5.56 Å². The van der Waals surface area contributed by atoms with Crippen molar-refractivity contribution in [3.8, 4) is 0 Å². The molecule has 0 saturated carbocycles. The summed E-state index contributed by atoms with van der Waals surface area (Å²) in [5.41, 5.74) is 2.61. The molecule has 0 spiro atoms. The van der Waals surface area contributed by atoms with Crippen LogP contribution in [0.5, 0.6) is 0 Å². The smallest absolute Gasteiger partial charge is 0.275 e. The lowest BCUT2D eigenvalue weighted by atomic mass is 10.0. The molecule has 106 valence electrons. The zero-order valence-electron chi connectivity index (χ0n) is 12.0. The minimum Gasteiger partial charge on any atom is -0.461 e. The maximum absolute atomic E-state index is 11.9. The number of benzene rings is 1. The summed E-state index contributed by atoms with van der Waals surface area (Å²) in [7, 11) is 0. The first-order valence-corrected chi connectivity index (χ1v) is 6.89. The van der Waals surface area contributed by atoms with Gasteiger partial charge in [-0.25, -0.2) is 4.99 Å². The van der Waals surface area contributed by atoms with E-state index < -0.39 is 0 Å². The summed E-state index contributed by atoms with van der Waals surface area (Å²) >= 11 is 0. The van der Waals surface area contributed by atoms with E-state index in [1.807, 2.05) is 12.1 Å². The fourth-order valence-corrected chi connectivity index (χ4v) is 2.13. The predicted octanol–water partition coefficient (Wildman–Crippen LogP) is 3.32. The Morgan fingerprint density at radius 1 is 1.19 bits per heavy atom. The van der Waals surface area contributed by atoms with Crippen LogP contribution in [0.2, 0.25) is 0 Å². The number of hydrogen-bond donors (Lipinski definition) is 1. The second-order valence-corrected chi connectivity index (χ2v) is 5.24. The van der Waals surface area contributed by atoms with Crippen LogP contribution in [0.3, 0.4) is 0 Å². The van der Waals surface area contributed by atoms with E-state index in [1.165, 1.54) is 5.56 Å². The molecule has 2 aromatic rings. The first-order valence-electron chi connectivity index (χ1n) is 6.89. The predicted molar refractivity (Wildman–Crippen MR) is 81.9 cm³/mol. The minimum absolute atomic E-state index is 0.214. The van der Waals surface area contributed by atoms with Crippen molar-refractivity contribution in [2.75, 3.05) is 0 Å². The molecule has 1 N–H and O–H groups in total. The summed E-state index contributed by atoms with van der Waals surface area (Å²) in [4.78, 5) is 16.2. The minimum atomic E-state index is -0.214. The van der Waals surface area contributed by atoms with Crippen LogP contribution in [0.1, 0.15) is 36.7 Å². The highest BCUT2D eigenvalue weighted by Gasteiger charge is 2.22. The van der Waals surface area contributed by atoms with Gasteiger partial charge in [-0.15, -0.1) is 0 Å². The number of carbonyl (C=O) groups is 1. The second-order valence-electron chi connectivity index (χ2n) is 5.24. The maximum atomic E-state index is 11.9. The molecule has 4 heteroatoms. The van der Waals surface area contributed by atoms with Gasteiger partial charge in [0.2, 0.25) is 0 Å². The number of carbonyl (C=O) groups excluding carboxylic acids is 1. The van der Waals surface area contributed by atoms with Gasteiger partial charge in [-0.2, -0.15) is 0 Å². The molecule has 21 heavy (non-hydrogen) atoms. The van der Waals surface area contributed by atoms with E-state index in [1.54, 1.807) is 24.5 Å². The van der Waals surface area contributed by atoms with Crippen molar-refractivity contribution in [3.05, 3.63) is 65.2 Å². The van der Waals surface area contributed by atoms with Crippen molar-refractivity contribution >= 4 is 17.8 Å². The zero-order valence-corrected chi connectivity index (χ0v) is 12.0. The molecule has 1 aliphatic heterocycles. The number of rotatable bonds is 3. The Morgan fingerprint density at radius 2 is 1.95 bits per heavy atom. The lowest BCUT2D eigenvalue weighted by Gasteiger charge is -2.04. The molecule has 1 aromatic heterocycles. The first kappa shape index (κ1) is 13.4. The standard InChI is InChI=1S/C17H16N2O2/c1-11(2)13-7-5-12(6-8-13)10-14-17(20)19-16(18-14)15-4-3-9-21-15/h3-11H,1-2H3,(H,18,19,20)/b14-10+. The van der Waals surface area contributed by atoms with Crippen LogP contribution >= 0.6 is 0 Å². The van der Waals surface area contributed by atoms with Gasteiger partial charge >= 0.3 is 0 Å². The summed E-state index contributed by atoms with van der Waals surface area (Å²) in [6.45, 7) is 4.30. The molecular formula is C17H16N2O2. The number of nitrogens with one attached hydrogen (secondary N) is 1. The third kappa shape index (κ3) is 2.79. The molecule has 0 radical (unpaired) electrons. The van der Waals surface area contributed by atoms with Crippen molar-refractivity contribution in [1.29, 1.82) is 0 Å². The van der Waals surface area contributed by atoms with Crippen LogP contribution in [-0.4, -0.2) is 11.7 Å². The van der Waals surface area contributed by atoms with Gasteiger partial charge in [-0.3, -0.25) is 4.79 Å². The van der Waals surface area contributed by atoms with Gasteiger partial charge in [0, 0.05) is 0 Å². The lowest BCUT2D eigenvalue weighted by Crippen LogP contribution is -2.24. The van der Waals surface area contributed by atoms with Crippen molar-refractivity contribution in [2.45, 2.75) is 19.8 Å². The fraction of sp³-hybridized carbons (Fsp3) is 0.176. The summed E-state index contributed by atoms with van der Waals surface area (Å²) in [5.74, 6) is 1.29. The number of aliphatic imine (C=N–C) groups is 1. The number of amides is 1. The number of furan rings is 1. The van der Waals surface area contributed by atoms with Gasteiger partial charge in [0.15, 0.2) is 11.6 Å². The van der Waals surface area contributed by atoms with E-state index >= 15 is 0 Å². The first-order chi connectivity index (χ1) is 10.1. The molecule has 2 heterocycles. The fourth-order valence-electron chi connectivity index (χ4n) is 2.13. The molecule has 1 aromatic carbocycles. The average molecular weight is 280 g/mol.